The van der Waals surface area contributed by atoms with Gasteiger partial charge in [-0.2, -0.15) is 0 Å². The normalized spacial score (nSPS) is 12.0. The Bertz CT molecular complexity index is 142. The highest BCUT2D eigenvalue weighted by Crippen LogP contribution is 2.61. The first-order chi connectivity index (χ1) is 8.74. The molecule has 0 rings (SSSR count). The minimum absolute atomic E-state index is 0.336. The molecule has 0 aliphatic heterocycles. The smallest absolute Gasteiger partial charge is 0.000593 e. The molecule has 0 bridgehead atoms. The predicted octanol–water partition coefficient (Wildman–Crippen LogP) is 6.72. The third-order valence-corrected chi connectivity index (χ3v) is 11.7. The van der Waals surface area contributed by atoms with E-state index in [4.69, 9.17) is 0 Å². The molecule has 110 valence electrons. The number of hydrogen-bond donors (Lipinski definition) is 0. The summed E-state index contributed by atoms with van der Waals surface area (Å²) in [6, 6.07) is 0. The van der Waals surface area contributed by atoms with Crippen molar-refractivity contribution in [2.45, 2.75) is 78.5 Å². The molecule has 0 aromatic rings. The Labute approximate surface area is 119 Å². The summed E-state index contributed by atoms with van der Waals surface area (Å²) in [5, 5.41) is 1.14. The molecule has 0 amide bonds. The molecule has 0 nitrogen and oxygen atoms in total. The van der Waals surface area contributed by atoms with E-state index in [9.17, 15) is 0 Å². The van der Waals surface area contributed by atoms with Crippen LogP contribution in [0.5, 0.6) is 0 Å². The molecule has 0 N–H and O–H groups in total. The Morgan fingerprint density at radius 3 is 1.11 bits per heavy atom. The van der Waals surface area contributed by atoms with Crippen molar-refractivity contribution < 1.29 is 0 Å². The third kappa shape index (κ3) is 7.45. The van der Waals surface area contributed by atoms with Crippen LogP contribution < -0.4 is 0 Å². The van der Waals surface area contributed by atoms with Crippen LogP contribution in [0.3, 0.4) is 0 Å². The van der Waals surface area contributed by atoms with Crippen molar-refractivity contribution in [2.24, 2.45) is 0 Å². The van der Waals surface area contributed by atoms with Crippen molar-refractivity contribution in [3.05, 3.63) is 0 Å². The lowest BCUT2D eigenvalue weighted by Crippen LogP contribution is -2.11. The van der Waals surface area contributed by atoms with E-state index in [0.717, 1.165) is 5.40 Å². The summed E-state index contributed by atoms with van der Waals surface area (Å²) >= 11 is 0. The van der Waals surface area contributed by atoms with E-state index in [1.165, 1.54) is 38.5 Å². The fraction of sp³-hybridized carbons (Fsp3) is 1.00. The average molecular weight is 290 g/mol. The van der Waals surface area contributed by atoms with Crippen molar-refractivity contribution in [3.63, 3.8) is 0 Å². The first-order valence-corrected chi connectivity index (χ1v) is 11.8. The molecule has 0 radical (unpaired) electrons. The van der Waals surface area contributed by atoms with Gasteiger partial charge in [-0.15, -0.1) is 0 Å². The van der Waals surface area contributed by atoms with Crippen LogP contribution in [0.25, 0.3) is 0 Å². The molecule has 0 fully saturated rings. The lowest BCUT2D eigenvalue weighted by molar-refractivity contribution is 0.842. The zero-order valence-electron chi connectivity index (χ0n) is 13.5. The van der Waals surface area contributed by atoms with Crippen LogP contribution in [0.2, 0.25) is 0 Å². The maximum atomic E-state index is 2.39. The molecule has 0 aromatic carbocycles. The van der Waals surface area contributed by atoms with Crippen LogP contribution in [-0.4, -0.2) is 30.0 Å². The Kier molecular flexibility index (Phi) is 13.5. The van der Waals surface area contributed by atoms with Crippen molar-refractivity contribution in [3.8, 4) is 0 Å². The molecule has 0 atom stereocenters. The molecule has 0 aliphatic carbocycles. The second kappa shape index (κ2) is 12.9. The lowest BCUT2D eigenvalue weighted by atomic mass is 10.4. The Morgan fingerprint density at radius 1 is 0.556 bits per heavy atom. The van der Waals surface area contributed by atoms with Crippen LogP contribution in [0.4, 0.5) is 0 Å². The molecule has 0 aromatic heterocycles. The molecule has 2 heteroatoms. The van der Waals surface area contributed by atoms with Gasteiger partial charge in [-0.1, -0.05) is 82.6 Å². The highest BCUT2D eigenvalue weighted by molar-refractivity contribution is 7.75. The van der Waals surface area contributed by atoms with E-state index in [0.29, 0.717) is 15.8 Å². The molecule has 0 saturated heterocycles. The summed E-state index contributed by atoms with van der Waals surface area (Å²) in [6.45, 7) is 11.9. The Morgan fingerprint density at radius 2 is 0.889 bits per heavy atom. The fourth-order valence-corrected chi connectivity index (χ4v) is 11.2. The topological polar surface area (TPSA) is 0 Å². The van der Waals surface area contributed by atoms with Crippen LogP contribution in [0.15, 0.2) is 0 Å². The first kappa shape index (κ1) is 18.9. The SMILES string of the molecule is CCCC(P(CCC)CCC)P(CCC)CCC. The maximum absolute atomic E-state index is 2.39. The van der Waals surface area contributed by atoms with Gasteiger partial charge >= 0.3 is 0 Å². The van der Waals surface area contributed by atoms with Crippen molar-refractivity contribution in [2.75, 3.05) is 24.6 Å². The second-order valence-electron chi connectivity index (χ2n) is 5.34. The molecule has 0 heterocycles. The van der Waals surface area contributed by atoms with Crippen molar-refractivity contribution in [1.82, 2.24) is 0 Å². The largest absolute Gasteiger partial charge is 0.0991 e. The van der Waals surface area contributed by atoms with Gasteiger partial charge in [0.15, 0.2) is 0 Å². The van der Waals surface area contributed by atoms with Gasteiger partial charge in [0.05, 0.1) is 0 Å². The van der Waals surface area contributed by atoms with Gasteiger partial charge < -0.3 is 0 Å². The van der Waals surface area contributed by atoms with E-state index in [2.05, 4.69) is 34.6 Å². The molecule has 0 unspecified atom stereocenters. The van der Waals surface area contributed by atoms with Crippen LogP contribution in [0, 0.1) is 0 Å². The molecular formula is C16H36P2. The van der Waals surface area contributed by atoms with Gasteiger partial charge in [0, 0.05) is 0 Å². The zero-order valence-corrected chi connectivity index (χ0v) is 15.3. The zero-order chi connectivity index (χ0) is 13.8. The molecule has 0 aliphatic rings. The van der Waals surface area contributed by atoms with Crippen LogP contribution in [0.1, 0.15) is 73.1 Å². The van der Waals surface area contributed by atoms with Gasteiger partial charge in [0.1, 0.15) is 0 Å². The van der Waals surface area contributed by atoms with Crippen molar-refractivity contribution in [1.29, 1.82) is 0 Å². The maximum Gasteiger partial charge on any atom is -0.000593 e. The van der Waals surface area contributed by atoms with Gasteiger partial charge in [-0.3, -0.25) is 0 Å². The summed E-state index contributed by atoms with van der Waals surface area (Å²) in [5.41, 5.74) is 0. The van der Waals surface area contributed by atoms with E-state index in [-0.39, 0.29) is 0 Å². The molecule has 0 saturated carbocycles. The summed E-state index contributed by atoms with van der Waals surface area (Å²) in [6.07, 6.45) is 14.7. The summed E-state index contributed by atoms with van der Waals surface area (Å²) < 4.78 is 0. The summed E-state index contributed by atoms with van der Waals surface area (Å²) in [4.78, 5) is 0. The second-order valence-corrected chi connectivity index (χ2v) is 11.1. The molecule has 18 heavy (non-hydrogen) atoms. The van der Waals surface area contributed by atoms with E-state index < -0.39 is 0 Å². The monoisotopic (exact) mass is 290 g/mol. The highest BCUT2D eigenvalue weighted by Gasteiger charge is 2.25. The lowest BCUT2D eigenvalue weighted by Gasteiger charge is -2.35. The van der Waals surface area contributed by atoms with Gasteiger partial charge in [-0.25, -0.2) is 0 Å². The van der Waals surface area contributed by atoms with Gasteiger partial charge in [0.25, 0.3) is 0 Å². The van der Waals surface area contributed by atoms with Crippen LogP contribution in [-0.2, 0) is 0 Å². The van der Waals surface area contributed by atoms with Gasteiger partial charge in [0.2, 0.25) is 0 Å². The summed E-state index contributed by atoms with van der Waals surface area (Å²) in [5.74, 6) is 0. The van der Waals surface area contributed by atoms with Gasteiger partial charge in [-0.05, 0) is 36.5 Å². The number of hydrogen-bond acceptors (Lipinski definition) is 0. The molecular weight excluding hydrogens is 254 g/mol. The summed E-state index contributed by atoms with van der Waals surface area (Å²) in [7, 11) is 0.672. The van der Waals surface area contributed by atoms with Crippen LogP contribution >= 0.6 is 15.8 Å². The fourth-order valence-electron chi connectivity index (χ4n) is 2.82. The predicted molar refractivity (Wildman–Crippen MR) is 93.2 cm³/mol. The minimum Gasteiger partial charge on any atom is -0.0991 e. The minimum atomic E-state index is 0.336. The Hall–Kier alpha value is 0.860. The Balaban J connectivity index is 4.69. The third-order valence-electron chi connectivity index (χ3n) is 3.43. The first-order valence-electron chi connectivity index (χ1n) is 8.23. The highest BCUT2D eigenvalue weighted by atomic mass is 31.2. The van der Waals surface area contributed by atoms with E-state index in [1.807, 2.05) is 0 Å². The average Bonchev–Trinajstić information content (AvgIpc) is 2.36. The molecule has 0 spiro atoms. The standard InChI is InChI=1S/C16H36P2/c1-6-11-16(17(12-7-2)13-8-3)18(14-9-4)15-10-5/h16H,6-15H2,1-5H3. The quantitative estimate of drug-likeness (QED) is 0.350. The van der Waals surface area contributed by atoms with Crippen molar-refractivity contribution >= 4 is 15.8 Å². The van der Waals surface area contributed by atoms with E-state index >= 15 is 0 Å². The van der Waals surface area contributed by atoms with E-state index in [1.54, 1.807) is 24.6 Å². The number of rotatable bonds is 12.